The van der Waals surface area contributed by atoms with E-state index in [0.29, 0.717) is 0 Å². The summed E-state index contributed by atoms with van der Waals surface area (Å²) in [6.07, 6.45) is 4.40. The van der Waals surface area contributed by atoms with E-state index >= 15 is 0 Å². The molecular formula is C11H18N2O. The maximum absolute atomic E-state index is 11.7. The Morgan fingerprint density at radius 3 is 2.36 bits per heavy atom. The first-order chi connectivity index (χ1) is 6.40. The number of carbonyl (C=O) groups is 1. The molecule has 3 nitrogen and oxygen atoms in total. The van der Waals surface area contributed by atoms with Crippen LogP contribution in [-0.4, -0.2) is 11.4 Å². The molecule has 0 aromatic heterocycles. The lowest BCUT2D eigenvalue weighted by atomic mass is 9.91. The lowest BCUT2D eigenvalue weighted by Crippen LogP contribution is -2.48. The molecule has 78 valence electrons. The molecule has 0 aromatic rings. The zero-order valence-corrected chi connectivity index (χ0v) is 9.18. The van der Waals surface area contributed by atoms with Crippen LogP contribution in [-0.2, 0) is 4.79 Å². The summed E-state index contributed by atoms with van der Waals surface area (Å²) in [4.78, 5) is 11.7. The molecule has 0 atom stereocenters. The minimum Gasteiger partial charge on any atom is -0.350 e. The van der Waals surface area contributed by atoms with Gasteiger partial charge >= 0.3 is 0 Å². The SMILES string of the molecule is CC1(NC(=O)C(C)(C)C#N)CCCC1. The van der Waals surface area contributed by atoms with E-state index in [-0.39, 0.29) is 11.4 Å². The largest absolute Gasteiger partial charge is 0.350 e. The van der Waals surface area contributed by atoms with Crippen molar-refractivity contribution in [2.24, 2.45) is 5.41 Å². The molecule has 1 rings (SSSR count). The van der Waals surface area contributed by atoms with E-state index in [2.05, 4.69) is 12.2 Å². The van der Waals surface area contributed by atoms with E-state index in [4.69, 9.17) is 5.26 Å². The second-order valence-corrected chi connectivity index (χ2v) is 4.96. The molecule has 1 amide bonds. The topological polar surface area (TPSA) is 52.9 Å². The standard InChI is InChI=1S/C11H18N2O/c1-10(2,8-12)9(14)13-11(3)6-4-5-7-11/h4-7H2,1-3H3,(H,13,14). The third-order valence-electron chi connectivity index (χ3n) is 2.97. The summed E-state index contributed by atoms with van der Waals surface area (Å²) in [7, 11) is 0. The van der Waals surface area contributed by atoms with Crippen molar-refractivity contribution in [2.45, 2.75) is 52.0 Å². The van der Waals surface area contributed by atoms with Gasteiger partial charge in [0.05, 0.1) is 6.07 Å². The molecule has 0 aliphatic heterocycles. The Kier molecular flexibility index (Phi) is 2.84. The average Bonchev–Trinajstić information content (AvgIpc) is 2.52. The summed E-state index contributed by atoms with van der Waals surface area (Å²) in [5.74, 6) is -0.149. The summed E-state index contributed by atoms with van der Waals surface area (Å²) in [5.41, 5.74) is -0.989. The van der Waals surface area contributed by atoms with Gasteiger partial charge < -0.3 is 5.32 Å². The number of hydrogen-bond acceptors (Lipinski definition) is 2. The van der Waals surface area contributed by atoms with E-state index < -0.39 is 5.41 Å². The number of rotatable bonds is 2. The number of nitriles is 1. The number of hydrogen-bond donors (Lipinski definition) is 1. The first kappa shape index (κ1) is 11.0. The van der Waals surface area contributed by atoms with Crippen LogP contribution in [0.4, 0.5) is 0 Å². The van der Waals surface area contributed by atoms with Crippen LogP contribution < -0.4 is 5.32 Å². The van der Waals surface area contributed by atoms with Crippen molar-refractivity contribution >= 4 is 5.91 Å². The first-order valence-electron chi connectivity index (χ1n) is 5.13. The van der Waals surface area contributed by atoms with Gasteiger partial charge in [-0.2, -0.15) is 5.26 Å². The highest BCUT2D eigenvalue weighted by Crippen LogP contribution is 2.30. The number of amides is 1. The van der Waals surface area contributed by atoms with Crippen LogP contribution in [0, 0.1) is 16.7 Å². The Bertz CT molecular complexity index is 270. The Balaban J connectivity index is 2.61. The number of nitrogens with zero attached hydrogens (tertiary/aromatic N) is 1. The Morgan fingerprint density at radius 2 is 1.93 bits per heavy atom. The second kappa shape index (κ2) is 3.61. The zero-order valence-electron chi connectivity index (χ0n) is 9.18. The molecule has 1 aliphatic rings. The smallest absolute Gasteiger partial charge is 0.240 e. The van der Waals surface area contributed by atoms with Crippen LogP contribution in [0.1, 0.15) is 46.5 Å². The van der Waals surface area contributed by atoms with Crippen LogP contribution in [0.25, 0.3) is 0 Å². The lowest BCUT2D eigenvalue weighted by molar-refractivity contribution is -0.128. The van der Waals surface area contributed by atoms with Crippen molar-refractivity contribution in [2.75, 3.05) is 0 Å². The predicted molar refractivity (Wildman–Crippen MR) is 54.4 cm³/mol. The minimum atomic E-state index is -0.911. The van der Waals surface area contributed by atoms with Gasteiger partial charge in [-0.15, -0.1) is 0 Å². The molecular weight excluding hydrogens is 176 g/mol. The van der Waals surface area contributed by atoms with Gasteiger partial charge in [-0.05, 0) is 33.6 Å². The molecule has 1 fully saturated rings. The summed E-state index contributed by atoms with van der Waals surface area (Å²) < 4.78 is 0. The molecule has 1 saturated carbocycles. The van der Waals surface area contributed by atoms with Crippen molar-refractivity contribution in [1.29, 1.82) is 5.26 Å². The molecule has 0 unspecified atom stereocenters. The van der Waals surface area contributed by atoms with Crippen molar-refractivity contribution in [1.82, 2.24) is 5.32 Å². The summed E-state index contributed by atoms with van der Waals surface area (Å²) in [6.45, 7) is 5.37. The van der Waals surface area contributed by atoms with Crippen molar-refractivity contribution in [3.8, 4) is 6.07 Å². The van der Waals surface area contributed by atoms with Crippen LogP contribution in [0.15, 0.2) is 0 Å². The molecule has 14 heavy (non-hydrogen) atoms. The van der Waals surface area contributed by atoms with E-state index in [1.54, 1.807) is 13.8 Å². The Hall–Kier alpha value is -1.04. The minimum absolute atomic E-state index is 0.0782. The molecule has 1 aliphatic carbocycles. The second-order valence-electron chi connectivity index (χ2n) is 4.96. The molecule has 0 aromatic carbocycles. The number of carbonyl (C=O) groups excluding carboxylic acids is 1. The first-order valence-corrected chi connectivity index (χ1v) is 5.13. The van der Waals surface area contributed by atoms with Gasteiger partial charge in [0.15, 0.2) is 0 Å². The van der Waals surface area contributed by atoms with E-state index in [1.807, 2.05) is 6.07 Å². The van der Waals surface area contributed by atoms with Gasteiger partial charge in [-0.1, -0.05) is 12.8 Å². The van der Waals surface area contributed by atoms with Gasteiger partial charge in [-0.25, -0.2) is 0 Å². The predicted octanol–water partition coefficient (Wildman–Crippen LogP) is 1.99. The van der Waals surface area contributed by atoms with Gasteiger partial charge in [0.1, 0.15) is 5.41 Å². The highest BCUT2D eigenvalue weighted by atomic mass is 16.2. The maximum Gasteiger partial charge on any atom is 0.240 e. The quantitative estimate of drug-likeness (QED) is 0.730. The van der Waals surface area contributed by atoms with Gasteiger partial charge in [-0.3, -0.25) is 4.79 Å². The fourth-order valence-corrected chi connectivity index (χ4v) is 1.76. The summed E-state index contributed by atoms with van der Waals surface area (Å²) in [6, 6.07) is 2.02. The van der Waals surface area contributed by atoms with Gasteiger partial charge in [0.2, 0.25) is 5.91 Å². The lowest BCUT2D eigenvalue weighted by Gasteiger charge is -2.28. The highest BCUT2D eigenvalue weighted by Gasteiger charge is 2.35. The molecule has 0 spiro atoms. The van der Waals surface area contributed by atoms with Gasteiger partial charge in [0.25, 0.3) is 0 Å². The van der Waals surface area contributed by atoms with Crippen molar-refractivity contribution in [3.05, 3.63) is 0 Å². The fourth-order valence-electron chi connectivity index (χ4n) is 1.76. The summed E-state index contributed by atoms with van der Waals surface area (Å²) >= 11 is 0. The molecule has 0 radical (unpaired) electrons. The average molecular weight is 194 g/mol. The van der Waals surface area contributed by atoms with Gasteiger partial charge in [0, 0.05) is 5.54 Å². The maximum atomic E-state index is 11.7. The Labute approximate surface area is 85.5 Å². The van der Waals surface area contributed by atoms with E-state index in [0.717, 1.165) is 12.8 Å². The third kappa shape index (κ3) is 2.25. The normalized spacial score (nSPS) is 20.1. The van der Waals surface area contributed by atoms with Crippen LogP contribution in [0.2, 0.25) is 0 Å². The monoisotopic (exact) mass is 194 g/mol. The van der Waals surface area contributed by atoms with E-state index in [9.17, 15) is 4.79 Å². The van der Waals surface area contributed by atoms with Crippen LogP contribution in [0.3, 0.4) is 0 Å². The Morgan fingerprint density at radius 1 is 1.43 bits per heavy atom. The van der Waals surface area contributed by atoms with E-state index in [1.165, 1.54) is 12.8 Å². The van der Waals surface area contributed by atoms with Crippen LogP contribution in [0.5, 0.6) is 0 Å². The fraction of sp³-hybridized carbons (Fsp3) is 0.818. The molecule has 1 N–H and O–H groups in total. The molecule has 0 saturated heterocycles. The van der Waals surface area contributed by atoms with Crippen LogP contribution >= 0.6 is 0 Å². The van der Waals surface area contributed by atoms with Crippen molar-refractivity contribution in [3.63, 3.8) is 0 Å². The molecule has 3 heteroatoms. The molecule has 0 heterocycles. The summed E-state index contributed by atoms with van der Waals surface area (Å²) in [5, 5.41) is 11.8. The zero-order chi connectivity index (χ0) is 10.8. The number of nitrogens with one attached hydrogen (secondary N) is 1. The highest BCUT2D eigenvalue weighted by molar-refractivity contribution is 5.85. The molecule has 0 bridgehead atoms. The third-order valence-corrected chi connectivity index (χ3v) is 2.97. The van der Waals surface area contributed by atoms with Crippen molar-refractivity contribution < 1.29 is 4.79 Å².